The Kier molecular flexibility index (Phi) is 4.06. The molecule has 0 aliphatic carbocycles. The molecule has 20 heavy (non-hydrogen) atoms. The van der Waals surface area contributed by atoms with Crippen LogP contribution in [0.5, 0.6) is 0 Å². The average molecular weight is 291 g/mol. The molecule has 2 aromatic rings. The molecule has 0 saturated carbocycles. The number of nitrogens with two attached hydrogens (primary N) is 1. The molecule has 106 valence electrons. The van der Waals surface area contributed by atoms with Gasteiger partial charge in [0.15, 0.2) is 0 Å². The molecule has 0 bridgehead atoms. The van der Waals surface area contributed by atoms with Crippen LogP contribution in [-0.4, -0.2) is 24.8 Å². The Bertz CT molecular complexity index is 714. The van der Waals surface area contributed by atoms with E-state index in [4.69, 9.17) is 5.73 Å². The second-order valence-electron chi connectivity index (χ2n) is 4.60. The molecule has 1 heterocycles. The van der Waals surface area contributed by atoms with E-state index in [0.717, 1.165) is 5.69 Å². The average Bonchev–Trinajstić information content (AvgIpc) is 2.38. The van der Waals surface area contributed by atoms with Gasteiger partial charge in [-0.05, 0) is 37.3 Å². The SMILES string of the molecule is Cc1cccc(CN(C)S(=O)(=O)c2cccc(N)c2)n1. The highest BCUT2D eigenvalue weighted by Crippen LogP contribution is 2.18. The lowest BCUT2D eigenvalue weighted by atomic mass is 10.3. The van der Waals surface area contributed by atoms with Gasteiger partial charge in [-0.1, -0.05) is 12.1 Å². The number of anilines is 1. The summed E-state index contributed by atoms with van der Waals surface area (Å²) in [6.45, 7) is 2.09. The van der Waals surface area contributed by atoms with Crippen LogP contribution in [0.2, 0.25) is 0 Å². The van der Waals surface area contributed by atoms with Gasteiger partial charge < -0.3 is 5.73 Å². The number of hydrogen-bond acceptors (Lipinski definition) is 4. The van der Waals surface area contributed by atoms with Crippen molar-refractivity contribution in [2.24, 2.45) is 0 Å². The van der Waals surface area contributed by atoms with Crippen LogP contribution in [-0.2, 0) is 16.6 Å². The summed E-state index contributed by atoms with van der Waals surface area (Å²) in [5.41, 5.74) is 7.62. The standard InChI is InChI=1S/C14H17N3O2S/c1-11-5-3-7-13(16-11)10-17(2)20(18,19)14-8-4-6-12(15)9-14/h3-9H,10,15H2,1-2H3. The minimum Gasteiger partial charge on any atom is -0.399 e. The maximum Gasteiger partial charge on any atom is 0.243 e. The molecule has 1 aromatic carbocycles. The summed E-state index contributed by atoms with van der Waals surface area (Å²) in [4.78, 5) is 4.49. The van der Waals surface area contributed by atoms with Gasteiger partial charge in [0.25, 0.3) is 0 Å². The highest BCUT2D eigenvalue weighted by Gasteiger charge is 2.21. The van der Waals surface area contributed by atoms with Gasteiger partial charge in [-0.2, -0.15) is 4.31 Å². The van der Waals surface area contributed by atoms with Gasteiger partial charge in [0.05, 0.1) is 17.1 Å². The van der Waals surface area contributed by atoms with E-state index < -0.39 is 10.0 Å². The van der Waals surface area contributed by atoms with Crippen molar-refractivity contribution in [2.45, 2.75) is 18.4 Å². The first-order valence-electron chi connectivity index (χ1n) is 6.14. The third-order valence-electron chi connectivity index (χ3n) is 2.90. The number of hydrogen-bond donors (Lipinski definition) is 1. The fourth-order valence-electron chi connectivity index (χ4n) is 1.86. The predicted molar refractivity (Wildman–Crippen MR) is 78.5 cm³/mol. The lowest BCUT2D eigenvalue weighted by Gasteiger charge is -2.17. The first-order valence-corrected chi connectivity index (χ1v) is 7.58. The molecule has 0 spiro atoms. The van der Waals surface area contributed by atoms with Crippen molar-refractivity contribution < 1.29 is 8.42 Å². The van der Waals surface area contributed by atoms with Crippen LogP contribution in [0.25, 0.3) is 0 Å². The van der Waals surface area contributed by atoms with Gasteiger partial charge in [0.1, 0.15) is 0 Å². The Hall–Kier alpha value is -1.92. The lowest BCUT2D eigenvalue weighted by molar-refractivity contribution is 0.462. The van der Waals surface area contributed by atoms with E-state index in [9.17, 15) is 8.42 Å². The molecule has 1 aromatic heterocycles. The van der Waals surface area contributed by atoms with Crippen LogP contribution in [0.15, 0.2) is 47.4 Å². The molecule has 0 aliphatic rings. The molecule has 0 aliphatic heterocycles. The van der Waals surface area contributed by atoms with E-state index in [2.05, 4.69) is 4.98 Å². The molecule has 0 saturated heterocycles. The smallest absolute Gasteiger partial charge is 0.243 e. The van der Waals surface area contributed by atoms with E-state index in [1.165, 1.54) is 23.5 Å². The van der Waals surface area contributed by atoms with Gasteiger partial charge in [-0.25, -0.2) is 8.42 Å². The van der Waals surface area contributed by atoms with E-state index in [0.29, 0.717) is 11.4 Å². The van der Waals surface area contributed by atoms with Crippen molar-refractivity contribution >= 4 is 15.7 Å². The second-order valence-corrected chi connectivity index (χ2v) is 6.65. The number of benzene rings is 1. The van der Waals surface area contributed by atoms with Crippen LogP contribution in [0.1, 0.15) is 11.4 Å². The Morgan fingerprint density at radius 2 is 1.90 bits per heavy atom. The number of sulfonamides is 1. The number of aromatic nitrogens is 1. The first kappa shape index (κ1) is 14.5. The zero-order valence-corrected chi connectivity index (χ0v) is 12.3. The van der Waals surface area contributed by atoms with Crippen molar-refractivity contribution in [1.29, 1.82) is 0 Å². The number of pyridine rings is 1. The van der Waals surface area contributed by atoms with Gasteiger partial charge in [-0.15, -0.1) is 0 Å². The molecule has 0 unspecified atom stereocenters. The van der Waals surface area contributed by atoms with Crippen molar-refractivity contribution in [3.05, 3.63) is 53.9 Å². The highest BCUT2D eigenvalue weighted by molar-refractivity contribution is 7.89. The molecule has 0 radical (unpaired) electrons. The van der Waals surface area contributed by atoms with E-state index in [1.54, 1.807) is 18.2 Å². The van der Waals surface area contributed by atoms with Crippen LogP contribution in [0.4, 0.5) is 5.69 Å². The molecule has 2 rings (SSSR count). The molecular weight excluding hydrogens is 274 g/mol. The van der Waals surface area contributed by atoms with Gasteiger partial charge in [0.2, 0.25) is 10.0 Å². The number of nitrogen functional groups attached to an aromatic ring is 1. The minimum atomic E-state index is -3.56. The van der Waals surface area contributed by atoms with Crippen LogP contribution >= 0.6 is 0 Å². The maximum atomic E-state index is 12.4. The quantitative estimate of drug-likeness (QED) is 0.871. The Labute approximate surface area is 119 Å². The second kappa shape index (κ2) is 5.60. The van der Waals surface area contributed by atoms with Gasteiger partial charge in [0, 0.05) is 18.4 Å². The van der Waals surface area contributed by atoms with Crippen molar-refractivity contribution in [3.8, 4) is 0 Å². The monoisotopic (exact) mass is 291 g/mol. The van der Waals surface area contributed by atoms with E-state index in [1.807, 2.05) is 19.1 Å². The van der Waals surface area contributed by atoms with Gasteiger partial charge in [-0.3, -0.25) is 4.98 Å². The van der Waals surface area contributed by atoms with Crippen molar-refractivity contribution in [3.63, 3.8) is 0 Å². The molecule has 0 fully saturated rings. The Balaban J connectivity index is 2.26. The van der Waals surface area contributed by atoms with Gasteiger partial charge >= 0.3 is 0 Å². The summed E-state index contributed by atoms with van der Waals surface area (Å²) in [5, 5.41) is 0. The molecule has 5 nitrogen and oxygen atoms in total. The molecular formula is C14H17N3O2S. The summed E-state index contributed by atoms with van der Waals surface area (Å²) in [7, 11) is -2.03. The Morgan fingerprint density at radius 3 is 2.55 bits per heavy atom. The first-order chi connectivity index (χ1) is 9.39. The lowest BCUT2D eigenvalue weighted by Crippen LogP contribution is -2.27. The summed E-state index contributed by atoms with van der Waals surface area (Å²) in [6, 6.07) is 11.8. The maximum absolute atomic E-state index is 12.4. The number of aryl methyl sites for hydroxylation is 1. The normalized spacial score (nSPS) is 11.8. The predicted octanol–water partition coefficient (Wildman–Crippen LogP) is 1.79. The van der Waals surface area contributed by atoms with E-state index in [-0.39, 0.29) is 11.4 Å². The molecule has 6 heteroatoms. The fraction of sp³-hybridized carbons (Fsp3) is 0.214. The van der Waals surface area contributed by atoms with Crippen molar-refractivity contribution in [1.82, 2.24) is 9.29 Å². The van der Waals surface area contributed by atoms with Crippen molar-refractivity contribution in [2.75, 3.05) is 12.8 Å². The third-order valence-corrected chi connectivity index (χ3v) is 4.70. The minimum absolute atomic E-state index is 0.188. The zero-order valence-electron chi connectivity index (χ0n) is 11.4. The summed E-state index contributed by atoms with van der Waals surface area (Å²) in [6.07, 6.45) is 0. The van der Waals surface area contributed by atoms with E-state index >= 15 is 0 Å². The highest BCUT2D eigenvalue weighted by atomic mass is 32.2. The summed E-state index contributed by atoms with van der Waals surface area (Å²) in [5.74, 6) is 0. The molecule has 0 atom stereocenters. The van der Waals surface area contributed by atoms with Crippen LogP contribution < -0.4 is 5.73 Å². The number of rotatable bonds is 4. The van der Waals surface area contributed by atoms with Crippen LogP contribution in [0.3, 0.4) is 0 Å². The van der Waals surface area contributed by atoms with Crippen LogP contribution in [0, 0.1) is 6.92 Å². The molecule has 0 amide bonds. The summed E-state index contributed by atoms with van der Waals surface area (Å²) < 4.78 is 26.1. The Morgan fingerprint density at radius 1 is 1.20 bits per heavy atom. The summed E-state index contributed by atoms with van der Waals surface area (Å²) >= 11 is 0. The number of nitrogens with zero attached hydrogens (tertiary/aromatic N) is 2. The third kappa shape index (κ3) is 3.15. The fourth-order valence-corrected chi connectivity index (χ4v) is 3.05. The molecule has 2 N–H and O–H groups in total. The topological polar surface area (TPSA) is 76.3 Å². The zero-order chi connectivity index (χ0) is 14.8. The largest absolute Gasteiger partial charge is 0.399 e.